The third kappa shape index (κ3) is 1.55. The normalized spacial score (nSPS) is 21.6. The maximum absolute atomic E-state index is 11.5. The van der Waals surface area contributed by atoms with E-state index in [1.807, 2.05) is 0 Å². The van der Waals surface area contributed by atoms with Crippen LogP contribution in [0.4, 0.5) is 11.5 Å². The number of hydrogen-bond donors (Lipinski definition) is 2. The first kappa shape index (κ1) is 9.33. The highest BCUT2D eigenvalue weighted by atomic mass is 32.1. The van der Waals surface area contributed by atoms with Gasteiger partial charge in [0, 0.05) is 24.4 Å². The lowest BCUT2D eigenvalue weighted by Crippen LogP contribution is -2.26. The van der Waals surface area contributed by atoms with Crippen molar-refractivity contribution in [3.63, 3.8) is 0 Å². The van der Waals surface area contributed by atoms with E-state index < -0.39 is 0 Å². The topological polar surface area (TPSA) is 59.2 Å². The van der Waals surface area contributed by atoms with Crippen molar-refractivity contribution in [3.8, 4) is 0 Å². The number of hydrogen-bond acceptors (Lipinski definition) is 4. The van der Waals surface area contributed by atoms with Crippen molar-refractivity contribution in [3.05, 3.63) is 18.3 Å². The summed E-state index contributed by atoms with van der Waals surface area (Å²) in [5.41, 5.74) is 6.26. The van der Waals surface area contributed by atoms with Crippen molar-refractivity contribution in [1.82, 2.24) is 4.98 Å². The van der Waals surface area contributed by atoms with Crippen molar-refractivity contribution < 1.29 is 4.79 Å². The van der Waals surface area contributed by atoms with Gasteiger partial charge in [-0.1, -0.05) is 0 Å². The second kappa shape index (κ2) is 3.49. The van der Waals surface area contributed by atoms with Crippen molar-refractivity contribution in [1.29, 1.82) is 0 Å². The molecule has 0 aromatic carbocycles. The maximum Gasteiger partial charge on any atom is 0.229 e. The summed E-state index contributed by atoms with van der Waals surface area (Å²) < 4.78 is 0. The summed E-state index contributed by atoms with van der Waals surface area (Å²) >= 11 is 4.26. The van der Waals surface area contributed by atoms with Crippen LogP contribution in [0.2, 0.25) is 0 Å². The Morgan fingerprint density at radius 1 is 1.64 bits per heavy atom. The molecule has 2 heterocycles. The minimum absolute atomic E-state index is 0.0374. The molecule has 1 fully saturated rings. The highest BCUT2D eigenvalue weighted by molar-refractivity contribution is 7.81. The van der Waals surface area contributed by atoms with Crippen LogP contribution in [0, 0.1) is 0 Å². The van der Waals surface area contributed by atoms with E-state index in [9.17, 15) is 4.79 Å². The van der Waals surface area contributed by atoms with Gasteiger partial charge in [-0.3, -0.25) is 9.69 Å². The zero-order valence-electron chi connectivity index (χ0n) is 7.55. The minimum Gasteiger partial charge on any atom is -0.396 e. The van der Waals surface area contributed by atoms with Gasteiger partial charge in [0.15, 0.2) is 5.82 Å². The highest BCUT2D eigenvalue weighted by Gasteiger charge is 2.29. The van der Waals surface area contributed by atoms with Gasteiger partial charge in [-0.25, -0.2) is 4.98 Å². The summed E-state index contributed by atoms with van der Waals surface area (Å²) in [6.45, 7) is 0.586. The number of carbonyl (C=O) groups excluding carboxylic acids is 1. The second-order valence-corrected chi connectivity index (χ2v) is 4.01. The molecule has 74 valence electrons. The van der Waals surface area contributed by atoms with Crippen molar-refractivity contribution >= 4 is 30.0 Å². The third-order valence-electron chi connectivity index (χ3n) is 2.18. The zero-order valence-corrected chi connectivity index (χ0v) is 8.45. The molecule has 0 aliphatic carbocycles. The molecule has 1 amide bonds. The summed E-state index contributed by atoms with van der Waals surface area (Å²) in [6, 6.07) is 3.49. The molecule has 0 bridgehead atoms. The van der Waals surface area contributed by atoms with Crippen LogP contribution in [-0.2, 0) is 4.79 Å². The highest BCUT2D eigenvalue weighted by Crippen LogP contribution is 2.26. The average Bonchev–Trinajstić information content (AvgIpc) is 2.46. The van der Waals surface area contributed by atoms with Gasteiger partial charge in [-0.05, 0) is 12.1 Å². The second-order valence-electron chi connectivity index (χ2n) is 3.28. The maximum atomic E-state index is 11.5. The lowest BCUT2D eigenvalue weighted by Gasteiger charge is -2.16. The molecule has 1 unspecified atom stereocenters. The number of amides is 1. The standard InChI is InChI=1S/C9H11N3OS/c10-7-2-1-3-11-9(7)12-5-6(14)4-8(12)13/h1-3,6,14H,4-5,10H2. The molecule has 0 radical (unpaired) electrons. The molecule has 0 saturated carbocycles. The number of nitrogens with zero attached hydrogens (tertiary/aromatic N) is 2. The molecule has 1 aromatic heterocycles. The predicted octanol–water partition coefficient (Wildman–Crippen LogP) is 0.699. The fourth-order valence-electron chi connectivity index (χ4n) is 1.53. The first-order valence-corrected chi connectivity index (χ1v) is 4.89. The van der Waals surface area contributed by atoms with E-state index in [4.69, 9.17) is 5.73 Å². The first-order chi connectivity index (χ1) is 6.68. The molecule has 14 heavy (non-hydrogen) atoms. The Morgan fingerprint density at radius 2 is 2.43 bits per heavy atom. The molecule has 0 spiro atoms. The van der Waals surface area contributed by atoms with Crippen LogP contribution < -0.4 is 10.6 Å². The van der Waals surface area contributed by atoms with Crippen LogP contribution in [0.15, 0.2) is 18.3 Å². The lowest BCUT2D eigenvalue weighted by molar-refractivity contribution is -0.117. The number of nitrogens with two attached hydrogens (primary N) is 1. The van der Waals surface area contributed by atoms with Gasteiger partial charge in [-0.2, -0.15) is 12.6 Å². The Balaban J connectivity index is 2.32. The number of carbonyl (C=O) groups is 1. The molecule has 1 aliphatic heterocycles. The van der Waals surface area contributed by atoms with E-state index in [0.29, 0.717) is 24.5 Å². The van der Waals surface area contributed by atoms with Crippen molar-refractivity contribution in [2.45, 2.75) is 11.7 Å². The fraction of sp³-hybridized carbons (Fsp3) is 0.333. The Morgan fingerprint density at radius 3 is 3.00 bits per heavy atom. The molecule has 2 rings (SSSR count). The summed E-state index contributed by atoms with van der Waals surface area (Å²) in [5.74, 6) is 0.587. The smallest absolute Gasteiger partial charge is 0.229 e. The van der Waals surface area contributed by atoms with Crippen LogP contribution in [0.3, 0.4) is 0 Å². The zero-order chi connectivity index (χ0) is 10.1. The van der Waals surface area contributed by atoms with E-state index in [2.05, 4.69) is 17.6 Å². The largest absolute Gasteiger partial charge is 0.396 e. The third-order valence-corrected chi connectivity index (χ3v) is 2.52. The Hall–Kier alpha value is -1.23. The number of nitrogen functional groups attached to an aromatic ring is 1. The quantitative estimate of drug-likeness (QED) is 0.669. The predicted molar refractivity (Wildman–Crippen MR) is 58.4 cm³/mol. The van der Waals surface area contributed by atoms with E-state index in [0.717, 1.165) is 0 Å². The molecular formula is C9H11N3OS. The van der Waals surface area contributed by atoms with E-state index in [1.54, 1.807) is 23.2 Å². The monoisotopic (exact) mass is 209 g/mol. The van der Waals surface area contributed by atoms with Crippen molar-refractivity contribution in [2.24, 2.45) is 0 Å². The summed E-state index contributed by atoms with van der Waals surface area (Å²) in [4.78, 5) is 17.2. The SMILES string of the molecule is Nc1cccnc1N1CC(S)CC1=O. The number of thiol groups is 1. The Bertz CT molecular complexity index is 369. The van der Waals surface area contributed by atoms with Gasteiger partial charge in [0.1, 0.15) is 0 Å². The van der Waals surface area contributed by atoms with Crippen LogP contribution in [0.5, 0.6) is 0 Å². The number of aromatic nitrogens is 1. The van der Waals surface area contributed by atoms with Gasteiger partial charge in [0.2, 0.25) is 5.91 Å². The molecular weight excluding hydrogens is 198 g/mol. The van der Waals surface area contributed by atoms with E-state index >= 15 is 0 Å². The van der Waals surface area contributed by atoms with Crippen LogP contribution >= 0.6 is 12.6 Å². The molecule has 2 N–H and O–H groups in total. The Kier molecular flexibility index (Phi) is 2.33. The first-order valence-electron chi connectivity index (χ1n) is 4.37. The summed E-state index contributed by atoms with van der Waals surface area (Å²) in [6.07, 6.45) is 2.09. The number of rotatable bonds is 1. The Labute approximate surface area is 87.5 Å². The summed E-state index contributed by atoms with van der Waals surface area (Å²) in [5, 5.41) is 0.0870. The van der Waals surface area contributed by atoms with Crippen molar-refractivity contribution in [2.75, 3.05) is 17.2 Å². The molecule has 1 aliphatic rings. The lowest BCUT2D eigenvalue weighted by atomic mass is 10.3. The van der Waals surface area contributed by atoms with Crippen LogP contribution in [-0.4, -0.2) is 22.7 Å². The molecule has 4 nitrogen and oxygen atoms in total. The van der Waals surface area contributed by atoms with Crippen LogP contribution in [0.25, 0.3) is 0 Å². The molecule has 1 saturated heterocycles. The number of pyridine rings is 1. The average molecular weight is 209 g/mol. The molecule has 1 aromatic rings. The number of anilines is 2. The van der Waals surface area contributed by atoms with E-state index in [-0.39, 0.29) is 11.2 Å². The molecule has 5 heteroatoms. The van der Waals surface area contributed by atoms with Gasteiger partial charge >= 0.3 is 0 Å². The van der Waals surface area contributed by atoms with Gasteiger partial charge < -0.3 is 5.73 Å². The van der Waals surface area contributed by atoms with Gasteiger partial charge in [-0.15, -0.1) is 0 Å². The van der Waals surface area contributed by atoms with Gasteiger partial charge in [0.25, 0.3) is 0 Å². The minimum atomic E-state index is 0.0374. The van der Waals surface area contributed by atoms with Crippen LogP contribution in [0.1, 0.15) is 6.42 Å². The molecule has 1 atom stereocenters. The van der Waals surface area contributed by atoms with Gasteiger partial charge in [0.05, 0.1) is 5.69 Å². The fourth-order valence-corrected chi connectivity index (χ4v) is 1.85. The summed E-state index contributed by atoms with van der Waals surface area (Å²) in [7, 11) is 0. The van der Waals surface area contributed by atoms with E-state index in [1.165, 1.54) is 0 Å².